The molecule has 1 heterocycles. The van der Waals surface area contributed by atoms with Crippen LogP contribution in [0.5, 0.6) is 0 Å². The summed E-state index contributed by atoms with van der Waals surface area (Å²) in [4.78, 5) is 2.29. The Morgan fingerprint density at radius 3 is 1.50 bits per heavy atom. The number of para-hydroxylation sites is 2. The van der Waals surface area contributed by atoms with Crippen LogP contribution >= 0.6 is 0 Å². The molecule has 0 spiro atoms. The number of rotatable bonds is 6. The molecule has 1 aromatic heterocycles. The summed E-state index contributed by atoms with van der Waals surface area (Å²) < 4.78 is 2.41. The topological polar surface area (TPSA) is 8.17 Å². The van der Waals surface area contributed by atoms with Crippen LogP contribution in [0.15, 0.2) is 194 Å². The first-order valence-corrected chi connectivity index (χ1v) is 16.4. The maximum Gasteiger partial charge on any atom is 0.0547 e. The third-order valence-electron chi connectivity index (χ3n) is 9.37. The summed E-state index contributed by atoms with van der Waals surface area (Å²) >= 11 is 0. The molecule has 226 valence electrons. The average Bonchev–Trinajstić information content (AvgIpc) is 3.51. The zero-order valence-corrected chi connectivity index (χ0v) is 26.4. The number of fused-ring (bicyclic) bond motifs is 5. The van der Waals surface area contributed by atoms with Crippen molar-refractivity contribution in [3.8, 4) is 27.9 Å². The number of hydrogen-bond acceptors (Lipinski definition) is 1. The lowest BCUT2D eigenvalue weighted by atomic mass is 10.0. The van der Waals surface area contributed by atoms with E-state index in [1.165, 1.54) is 54.8 Å². The van der Waals surface area contributed by atoms with E-state index >= 15 is 0 Å². The summed E-state index contributed by atoms with van der Waals surface area (Å²) in [6, 6.07) is 69.7. The zero-order valence-electron chi connectivity index (χ0n) is 26.4. The first-order chi connectivity index (χ1) is 23.8. The summed E-state index contributed by atoms with van der Waals surface area (Å²) in [5.74, 6) is 0. The Labute approximate surface area is 280 Å². The molecule has 0 fully saturated rings. The Morgan fingerprint density at radius 1 is 0.333 bits per heavy atom. The molecule has 0 saturated carbocycles. The van der Waals surface area contributed by atoms with Gasteiger partial charge in [-0.15, -0.1) is 0 Å². The first kappa shape index (κ1) is 27.9. The molecule has 9 aromatic rings. The molecule has 0 aliphatic rings. The molecule has 0 saturated heterocycles. The molecular weight excluding hydrogens is 581 g/mol. The van der Waals surface area contributed by atoms with Gasteiger partial charge >= 0.3 is 0 Å². The van der Waals surface area contributed by atoms with Gasteiger partial charge in [-0.3, -0.25) is 0 Å². The van der Waals surface area contributed by atoms with Crippen molar-refractivity contribution >= 4 is 49.6 Å². The highest BCUT2D eigenvalue weighted by Gasteiger charge is 2.16. The third kappa shape index (κ3) is 4.83. The zero-order chi connectivity index (χ0) is 31.9. The second-order valence-electron chi connectivity index (χ2n) is 12.2. The van der Waals surface area contributed by atoms with Crippen LogP contribution in [0.2, 0.25) is 0 Å². The van der Waals surface area contributed by atoms with Gasteiger partial charge in [-0.1, -0.05) is 127 Å². The second-order valence-corrected chi connectivity index (χ2v) is 12.2. The van der Waals surface area contributed by atoms with Gasteiger partial charge in [-0.2, -0.15) is 0 Å². The number of benzene rings is 8. The lowest BCUT2D eigenvalue weighted by Gasteiger charge is -2.25. The van der Waals surface area contributed by atoms with Gasteiger partial charge in [0.1, 0.15) is 0 Å². The molecular formula is C46H32N2. The molecule has 8 aromatic carbocycles. The molecule has 0 amide bonds. The minimum Gasteiger partial charge on any atom is -0.311 e. The lowest BCUT2D eigenvalue weighted by molar-refractivity contribution is 1.18. The maximum atomic E-state index is 2.41. The van der Waals surface area contributed by atoms with E-state index in [4.69, 9.17) is 0 Å². The summed E-state index contributed by atoms with van der Waals surface area (Å²) in [5, 5.41) is 5.10. The van der Waals surface area contributed by atoms with Crippen molar-refractivity contribution in [1.29, 1.82) is 0 Å². The smallest absolute Gasteiger partial charge is 0.0547 e. The van der Waals surface area contributed by atoms with Crippen LogP contribution < -0.4 is 4.90 Å². The Balaban J connectivity index is 1.12. The van der Waals surface area contributed by atoms with Crippen molar-refractivity contribution in [2.45, 2.75) is 0 Å². The first-order valence-electron chi connectivity index (χ1n) is 16.4. The summed E-state index contributed by atoms with van der Waals surface area (Å²) in [6.45, 7) is 0. The normalized spacial score (nSPS) is 11.3. The fraction of sp³-hybridized carbons (Fsp3) is 0. The Bertz CT molecular complexity index is 2470. The van der Waals surface area contributed by atoms with E-state index in [1.807, 2.05) is 0 Å². The fourth-order valence-electron chi connectivity index (χ4n) is 7.09. The van der Waals surface area contributed by atoms with E-state index in [2.05, 4.69) is 204 Å². The number of hydrogen-bond donors (Lipinski definition) is 0. The third-order valence-corrected chi connectivity index (χ3v) is 9.37. The quantitative estimate of drug-likeness (QED) is 0.181. The van der Waals surface area contributed by atoms with Crippen LogP contribution in [0.1, 0.15) is 0 Å². The number of nitrogens with zero attached hydrogens (tertiary/aromatic N) is 2. The minimum atomic E-state index is 1.13. The standard InChI is InChI=1S/C46H32N2/c1-4-12-33(13-5-1)37-25-30-44-43(32-37)46-42-19-11-10-14-36(42)24-31-45(46)48(44)41-28-22-35(23-29-41)34-20-26-40(27-21-34)47(38-15-6-2-7-16-38)39-17-8-3-9-18-39/h1-32H. The molecule has 0 atom stereocenters. The van der Waals surface area contributed by atoms with Crippen molar-refractivity contribution in [2.24, 2.45) is 0 Å². The van der Waals surface area contributed by atoms with E-state index < -0.39 is 0 Å². The van der Waals surface area contributed by atoms with Crippen molar-refractivity contribution < 1.29 is 0 Å². The highest BCUT2D eigenvalue weighted by atomic mass is 15.1. The number of anilines is 3. The van der Waals surface area contributed by atoms with E-state index in [0.29, 0.717) is 0 Å². The van der Waals surface area contributed by atoms with Gasteiger partial charge < -0.3 is 9.47 Å². The van der Waals surface area contributed by atoms with Gasteiger partial charge in [0.2, 0.25) is 0 Å². The van der Waals surface area contributed by atoms with Gasteiger partial charge in [-0.05, 0) is 99.8 Å². The summed E-state index contributed by atoms with van der Waals surface area (Å²) in [6.07, 6.45) is 0. The second kappa shape index (κ2) is 11.8. The summed E-state index contributed by atoms with van der Waals surface area (Å²) in [7, 11) is 0. The Hall–Kier alpha value is -6.38. The van der Waals surface area contributed by atoms with Crippen LogP contribution in [-0.4, -0.2) is 4.57 Å². The Kier molecular flexibility index (Phi) is 6.84. The monoisotopic (exact) mass is 612 g/mol. The van der Waals surface area contributed by atoms with Crippen LogP contribution in [-0.2, 0) is 0 Å². The molecule has 48 heavy (non-hydrogen) atoms. The van der Waals surface area contributed by atoms with Crippen molar-refractivity contribution in [3.63, 3.8) is 0 Å². The van der Waals surface area contributed by atoms with Gasteiger partial charge in [0, 0.05) is 33.5 Å². The minimum absolute atomic E-state index is 1.13. The van der Waals surface area contributed by atoms with E-state index in [1.54, 1.807) is 0 Å². The SMILES string of the molecule is c1ccc(-c2ccc3c(c2)c2c4ccccc4ccc2n3-c2ccc(-c3ccc(N(c4ccccc4)c4ccccc4)cc3)cc2)cc1. The summed E-state index contributed by atoms with van der Waals surface area (Å²) in [5.41, 5.74) is 11.8. The van der Waals surface area contributed by atoms with Crippen LogP contribution in [0, 0.1) is 0 Å². The highest BCUT2D eigenvalue weighted by Crippen LogP contribution is 2.40. The molecule has 0 radical (unpaired) electrons. The van der Waals surface area contributed by atoms with Crippen LogP contribution in [0.3, 0.4) is 0 Å². The fourth-order valence-corrected chi connectivity index (χ4v) is 7.09. The molecule has 0 unspecified atom stereocenters. The highest BCUT2D eigenvalue weighted by molar-refractivity contribution is 6.21. The molecule has 0 bridgehead atoms. The Morgan fingerprint density at radius 2 is 0.833 bits per heavy atom. The van der Waals surface area contributed by atoms with E-state index in [9.17, 15) is 0 Å². The van der Waals surface area contributed by atoms with Gasteiger partial charge in [0.05, 0.1) is 11.0 Å². The van der Waals surface area contributed by atoms with Gasteiger partial charge in [0.15, 0.2) is 0 Å². The van der Waals surface area contributed by atoms with Gasteiger partial charge in [-0.25, -0.2) is 0 Å². The molecule has 2 nitrogen and oxygen atoms in total. The van der Waals surface area contributed by atoms with Crippen LogP contribution in [0.25, 0.3) is 60.5 Å². The van der Waals surface area contributed by atoms with Gasteiger partial charge in [0.25, 0.3) is 0 Å². The largest absolute Gasteiger partial charge is 0.311 e. The molecule has 0 aliphatic carbocycles. The van der Waals surface area contributed by atoms with Crippen molar-refractivity contribution in [1.82, 2.24) is 4.57 Å². The lowest BCUT2D eigenvalue weighted by Crippen LogP contribution is -2.09. The van der Waals surface area contributed by atoms with E-state index in [0.717, 1.165) is 22.7 Å². The molecule has 9 rings (SSSR count). The van der Waals surface area contributed by atoms with Crippen molar-refractivity contribution in [2.75, 3.05) is 4.90 Å². The average molecular weight is 613 g/mol. The van der Waals surface area contributed by atoms with Crippen molar-refractivity contribution in [3.05, 3.63) is 194 Å². The molecule has 2 heteroatoms. The molecule has 0 N–H and O–H groups in total. The predicted molar refractivity (Wildman–Crippen MR) is 204 cm³/mol. The predicted octanol–water partition coefficient (Wildman–Crippen LogP) is 12.7. The maximum absolute atomic E-state index is 2.41. The molecule has 0 aliphatic heterocycles. The number of aromatic nitrogens is 1. The van der Waals surface area contributed by atoms with E-state index in [-0.39, 0.29) is 0 Å². The van der Waals surface area contributed by atoms with Crippen LogP contribution in [0.4, 0.5) is 17.1 Å².